The van der Waals surface area contributed by atoms with Crippen molar-refractivity contribution in [1.29, 1.82) is 0 Å². The third kappa shape index (κ3) is 3.98. The molecule has 0 aliphatic rings. The molecule has 0 fully saturated rings. The number of rotatable bonds is 6. The van der Waals surface area contributed by atoms with E-state index in [0.29, 0.717) is 12.2 Å². The number of nitrogens with one attached hydrogen (secondary N) is 1. The van der Waals surface area contributed by atoms with Crippen molar-refractivity contribution < 1.29 is 9.90 Å². The first-order valence-corrected chi connectivity index (χ1v) is 7.30. The SMILES string of the molecule is CSCCC(Nc1ncnc2ccccc12)C(=O)O.Cl. The Kier molecular flexibility index (Phi) is 6.54. The summed E-state index contributed by atoms with van der Waals surface area (Å²) in [5.74, 6) is 0.489. The molecule has 2 rings (SSSR count). The van der Waals surface area contributed by atoms with E-state index in [1.54, 1.807) is 11.8 Å². The first-order chi connectivity index (χ1) is 9.22. The van der Waals surface area contributed by atoms with Gasteiger partial charge in [0.15, 0.2) is 0 Å². The predicted octanol–water partition coefficient (Wildman–Crippen LogP) is 2.67. The normalized spacial score (nSPS) is 11.7. The second-order valence-electron chi connectivity index (χ2n) is 4.06. The smallest absolute Gasteiger partial charge is 0.326 e. The number of aliphatic carboxylic acids is 1. The van der Waals surface area contributed by atoms with Crippen LogP contribution in [0.25, 0.3) is 10.9 Å². The van der Waals surface area contributed by atoms with E-state index in [1.807, 2.05) is 30.5 Å². The van der Waals surface area contributed by atoms with Crippen LogP contribution in [0, 0.1) is 0 Å². The van der Waals surface area contributed by atoms with Gasteiger partial charge in [-0.25, -0.2) is 14.8 Å². The van der Waals surface area contributed by atoms with Gasteiger partial charge in [0.25, 0.3) is 0 Å². The Morgan fingerprint density at radius 3 is 2.85 bits per heavy atom. The zero-order chi connectivity index (χ0) is 13.7. The Bertz CT molecular complexity index is 577. The van der Waals surface area contributed by atoms with E-state index in [9.17, 15) is 9.90 Å². The monoisotopic (exact) mass is 313 g/mol. The lowest BCUT2D eigenvalue weighted by Crippen LogP contribution is -2.30. The van der Waals surface area contributed by atoms with Crippen LogP contribution in [-0.4, -0.2) is 39.1 Å². The average Bonchev–Trinajstić information content (AvgIpc) is 2.43. The fraction of sp³-hybridized carbons (Fsp3) is 0.308. The van der Waals surface area contributed by atoms with E-state index >= 15 is 0 Å². The number of fused-ring (bicyclic) bond motifs is 1. The molecule has 108 valence electrons. The van der Waals surface area contributed by atoms with Gasteiger partial charge in [0.2, 0.25) is 0 Å². The highest BCUT2D eigenvalue weighted by Gasteiger charge is 2.18. The second kappa shape index (κ2) is 7.91. The zero-order valence-corrected chi connectivity index (χ0v) is 12.6. The number of hydrogen-bond acceptors (Lipinski definition) is 5. The molecule has 2 N–H and O–H groups in total. The van der Waals surface area contributed by atoms with Crippen molar-refractivity contribution in [3.63, 3.8) is 0 Å². The van der Waals surface area contributed by atoms with Crippen LogP contribution in [0.15, 0.2) is 30.6 Å². The molecule has 1 atom stereocenters. The minimum atomic E-state index is -0.864. The van der Waals surface area contributed by atoms with Gasteiger partial charge in [0.05, 0.1) is 5.52 Å². The van der Waals surface area contributed by atoms with Crippen molar-refractivity contribution in [1.82, 2.24) is 9.97 Å². The molecule has 1 unspecified atom stereocenters. The molecule has 0 aliphatic heterocycles. The quantitative estimate of drug-likeness (QED) is 0.854. The van der Waals surface area contributed by atoms with Gasteiger partial charge in [0, 0.05) is 5.39 Å². The maximum Gasteiger partial charge on any atom is 0.326 e. The fourth-order valence-corrected chi connectivity index (χ4v) is 2.25. The molecule has 1 aromatic carbocycles. The highest BCUT2D eigenvalue weighted by atomic mass is 35.5. The lowest BCUT2D eigenvalue weighted by atomic mass is 10.2. The Balaban J connectivity index is 0.00000200. The maximum atomic E-state index is 11.2. The van der Waals surface area contributed by atoms with Crippen LogP contribution in [-0.2, 0) is 4.79 Å². The molecule has 0 spiro atoms. The summed E-state index contributed by atoms with van der Waals surface area (Å²) >= 11 is 1.63. The van der Waals surface area contributed by atoms with Gasteiger partial charge in [-0.05, 0) is 30.6 Å². The number of carboxylic acid groups (broad SMARTS) is 1. The topological polar surface area (TPSA) is 75.1 Å². The molecule has 20 heavy (non-hydrogen) atoms. The highest BCUT2D eigenvalue weighted by molar-refractivity contribution is 7.98. The van der Waals surface area contributed by atoms with Crippen molar-refractivity contribution in [2.24, 2.45) is 0 Å². The number of thioether (sulfide) groups is 1. The van der Waals surface area contributed by atoms with Gasteiger partial charge in [-0.15, -0.1) is 12.4 Å². The van der Waals surface area contributed by atoms with Crippen LogP contribution >= 0.6 is 24.2 Å². The van der Waals surface area contributed by atoms with Crippen molar-refractivity contribution in [2.75, 3.05) is 17.3 Å². The van der Waals surface area contributed by atoms with Crippen molar-refractivity contribution in [3.8, 4) is 0 Å². The Hall–Kier alpha value is -1.53. The molecule has 0 aliphatic carbocycles. The minimum Gasteiger partial charge on any atom is -0.480 e. The summed E-state index contributed by atoms with van der Waals surface area (Å²) in [5.41, 5.74) is 0.800. The fourth-order valence-electron chi connectivity index (χ4n) is 1.78. The van der Waals surface area contributed by atoms with Crippen LogP contribution in [0.4, 0.5) is 5.82 Å². The number of nitrogens with zero attached hydrogens (tertiary/aromatic N) is 2. The number of carboxylic acids is 1. The molecule has 0 amide bonds. The summed E-state index contributed by atoms with van der Waals surface area (Å²) < 4.78 is 0. The van der Waals surface area contributed by atoms with E-state index < -0.39 is 12.0 Å². The van der Waals surface area contributed by atoms with Crippen LogP contribution in [0.3, 0.4) is 0 Å². The molecule has 5 nitrogen and oxygen atoms in total. The number of para-hydroxylation sites is 1. The lowest BCUT2D eigenvalue weighted by molar-refractivity contribution is -0.137. The molecule has 1 aromatic heterocycles. The Morgan fingerprint density at radius 2 is 2.15 bits per heavy atom. The second-order valence-corrected chi connectivity index (χ2v) is 5.04. The molecule has 7 heteroatoms. The van der Waals surface area contributed by atoms with Gasteiger partial charge < -0.3 is 10.4 Å². The number of anilines is 1. The van der Waals surface area contributed by atoms with Gasteiger partial charge in [-0.3, -0.25) is 0 Å². The van der Waals surface area contributed by atoms with Gasteiger partial charge in [-0.2, -0.15) is 11.8 Å². The van der Waals surface area contributed by atoms with E-state index in [0.717, 1.165) is 16.7 Å². The van der Waals surface area contributed by atoms with Crippen LogP contribution in [0.1, 0.15) is 6.42 Å². The van der Waals surface area contributed by atoms with E-state index in [4.69, 9.17) is 0 Å². The molecular formula is C13H16ClN3O2S. The largest absolute Gasteiger partial charge is 0.480 e. The van der Waals surface area contributed by atoms with E-state index in [2.05, 4.69) is 15.3 Å². The average molecular weight is 314 g/mol. The number of carbonyl (C=O) groups is 1. The Labute approximate surface area is 127 Å². The summed E-state index contributed by atoms with van der Waals surface area (Å²) in [7, 11) is 0. The summed E-state index contributed by atoms with van der Waals surface area (Å²) in [5, 5.41) is 13.0. The summed E-state index contributed by atoms with van der Waals surface area (Å²) in [6, 6.07) is 6.90. The number of aromatic nitrogens is 2. The predicted molar refractivity (Wildman–Crippen MR) is 84.8 cm³/mol. The molecule has 0 bridgehead atoms. The van der Waals surface area contributed by atoms with Crippen LogP contribution in [0.5, 0.6) is 0 Å². The summed E-state index contributed by atoms with van der Waals surface area (Å²) in [6.45, 7) is 0. The standard InChI is InChI=1S/C13H15N3O2S.ClH/c1-19-7-6-11(13(17)18)16-12-9-4-2-3-5-10(9)14-8-15-12;/h2-5,8,11H,6-7H2,1H3,(H,17,18)(H,14,15,16);1H. The summed E-state index contributed by atoms with van der Waals surface area (Å²) in [6.07, 6.45) is 3.95. The Morgan fingerprint density at radius 1 is 1.40 bits per heavy atom. The maximum absolute atomic E-state index is 11.2. The molecule has 0 saturated heterocycles. The molecular weight excluding hydrogens is 298 g/mol. The first kappa shape index (κ1) is 16.5. The number of benzene rings is 1. The number of hydrogen-bond donors (Lipinski definition) is 2. The van der Waals surface area contributed by atoms with Crippen molar-refractivity contribution in [2.45, 2.75) is 12.5 Å². The van der Waals surface area contributed by atoms with Crippen molar-refractivity contribution in [3.05, 3.63) is 30.6 Å². The van der Waals surface area contributed by atoms with Crippen LogP contribution in [0.2, 0.25) is 0 Å². The third-order valence-electron chi connectivity index (χ3n) is 2.76. The summed E-state index contributed by atoms with van der Waals surface area (Å²) in [4.78, 5) is 19.5. The molecule has 1 heterocycles. The highest BCUT2D eigenvalue weighted by Crippen LogP contribution is 2.20. The minimum absolute atomic E-state index is 0. The lowest BCUT2D eigenvalue weighted by Gasteiger charge is -2.15. The van der Waals surface area contributed by atoms with E-state index in [1.165, 1.54) is 6.33 Å². The third-order valence-corrected chi connectivity index (χ3v) is 3.41. The first-order valence-electron chi connectivity index (χ1n) is 5.90. The molecule has 0 radical (unpaired) electrons. The van der Waals surface area contributed by atoms with Gasteiger partial charge >= 0.3 is 5.97 Å². The molecule has 0 saturated carbocycles. The van der Waals surface area contributed by atoms with E-state index in [-0.39, 0.29) is 12.4 Å². The van der Waals surface area contributed by atoms with Gasteiger partial charge in [-0.1, -0.05) is 12.1 Å². The van der Waals surface area contributed by atoms with Gasteiger partial charge in [0.1, 0.15) is 18.2 Å². The zero-order valence-electron chi connectivity index (χ0n) is 10.9. The number of halogens is 1. The van der Waals surface area contributed by atoms with Crippen molar-refractivity contribution >= 4 is 46.9 Å². The molecule has 2 aromatic rings. The van der Waals surface area contributed by atoms with Crippen LogP contribution < -0.4 is 5.32 Å².